The third-order valence-electron chi connectivity index (χ3n) is 2.86. The molecule has 1 unspecified atom stereocenters. The van der Waals surface area contributed by atoms with E-state index in [2.05, 4.69) is 57.4 Å². The molecule has 0 spiro atoms. The third-order valence-corrected chi connectivity index (χ3v) is 3.73. The van der Waals surface area contributed by atoms with Crippen molar-refractivity contribution in [2.45, 2.75) is 53.6 Å². The maximum atomic E-state index is 3.70. The van der Waals surface area contributed by atoms with E-state index >= 15 is 0 Å². The molecule has 0 fully saturated rings. The van der Waals surface area contributed by atoms with E-state index < -0.39 is 0 Å². The topological polar surface area (TPSA) is 12.0 Å². The summed E-state index contributed by atoms with van der Waals surface area (Å²) in [5, 5.41) is 5.85. The van der Waals surface area contributed by atoms with Crippen LogP contribution in [0.3, 0.4) is 0 Å². The first-order chi connectivity index (χ1) is 7.39. The molecule has 1 aromatic heterocycles. The van der Waals surface area contributed by atoms with Crippen LogP contribution in [-0.2, 0) is 6.54 Å². The van der Waals surface area contributed by atoms with Gasteiger partial charge in [-0.3, -0.25) is 0 Å². The molecular weight excluding hydrogens is 214 g/mol. The molecule has 0 aliphatic heterocycles. The third kappa shape index (κ3) is 4.67. The summed E-state index contributed by atoms with van der Waals surface area (Å²) >= 11 is 1.83. The lowest BCUT2D eigenvalue weighted by molar-refractivity contribution is 0.233. The van der Waals surface area contributed by atoms with Crippen molar-refractivity contribution in [3.63, 3.8) is 0 Å². The van der Waals surface area contributed by atoms with E-state index in [4.69, 9.17) is 0 Å². The lowest BCUT2D eigenvalue weighted by atomic mass is 9.82. The number of rotatable bonds is 5. The van der Waals surface area contributed by atoms with Crippen LogP contribution < -0.4 is 5.32 Å². The molecule has 1 heterocycles. The smallest absolute Gasteiger partial charge is 0.0302 e. The summed E-state index contributed by atoms with van der Waals surface area (Å²) in [5.41, 5.74) is 0.335. The molecule has 2 heteroatoms. The van der Waals surface area contributed by atoms with Crippen LogP contribution in [0.4, 0.5) is 0 Å². The summed E-state index contributed by atoms with van der Waals surface area (Å²) in [6, 6.07) is 4.91. The lowest BCUT2D eigenvalue weighted by Crippen LogP contribution is -2.40. The number of nitrogens with one attached hydrogen (secondary N) is 1. The second-order valence-corrected chi connectivity index (χ2v) is 7.04. The van der Waals surface area contributed by atoms with E-state index in [1.54, 1.807) is 0 Å². The molecule has 1 aromatic rings. The Balaban J connectivity index is 2.50. The summed E-state index contributed by atoms with van der Waals surface area (Å²) in [7, 11) is 0. The highest BCUT2D eigenvalue weighted by molar-refractivity contribution is 7.09. The quantitative estimate of drug-likeness (QED) is 0.808. The molecule has 0 aromatic carbocycles. The van der Waals surface area contributed by atoms with Gasteiger partial charge >= 0.3 is 0 Å². The zero-order valence-corrected chi connectivity index (χ0v) is 12.0. The molecule has 0 bridgehead atoms. The van der Waals surface area contributed by atoms with Crippen LogP contribution in [0.15, 0.2) is 17.5 Å². The fraction of sp³-hybridized carbons (Fsp3) is 0.714. The van der Waals surface area contributed by atoms with Crippen molar-refractivity contribution in [2.75, 3.05) is 0 Å². The lowest BCUT2D eigenvalue weighted by Gasteiger charge is -2.33. The number of thiophene rings is 1. The zero-order valence-electron chi connectivity index (χ0n) is 11.2. The molecule has 16 heavy (non-hydrogen) atoms. The molecular formula is C14H25NS. The van der Waals surface area contributed by atoms with Crippen LogP contribution in [0.1, 0.15) is 45.9 Å². The predicted octanol–water partition coefficient (Wildman–Crippen LogP) is 4.30. The minimum Gasteiger partial charge on any atom is -0.309 e. The van der Waals surface area contributed by atoms with Crippen LogP contribution in [0.5, 0.6) is 0 Å². The Morgan fingerprint density at radius 1 is 1.31 bits per heavy atom. The Morgan fingerprint density at radius 2 is 2.00 bits per heavy atom. The van der Waals surface area contributed by atoms with Crippen LogP contribution in [0.25, 0.3) is 0 Å². The molecule has 0 saturated heterocycles. The van der Waals surface area contributed by atoms with Crippen molar-refractivity contribution < 1.29 is 0 Å². The van der Waals surface area contributed by atoms with E-state index in [1.165, 1.54) is 11.3 Å². The van der Waals surface area contributed by atoms with Crippen LogP contribution in [-0.4, -0.2) is 6.04 Å². The molecule has 0 saturated carbocycles. The minimum atomic E-state index is 0.335. The average molecular weight is 239 g/mol. The minimum absolute atomic E-state index is 0.335. The number of hydrogen-bond acceptors (Lipinski definition) is 2. The van der Waals surface area contributed by atoms with Crippen LogP contribution in [0.2, 0.25) is 0 Å². The van der Waals surface area contributed by atoms with Gasteiger partial charge in [0.25, 0.3) is 0 Å². The van der Waals surface area contributed by atoms with Gasteiger partial charge in [-0.25, -0.2) is 0 Å². The summed E-state index contributed by atoms with van der Waals surface area (Å²) < 4.78 is 0. The van der Waals surface area contributed by atoms with Gasteiger partial charge in [-0.2, -0.15) is 0 Å². The van der Waals surface area contributed by atoms with E-state index in [0.717, 1.165) is 12.5 Å². The Morgan fingerprint density at radius 3 is 2.44 bits per heavy atom. The van der Waals surface area contributed by atoms with Crippen molar-refractivity contribution in [3.05, 3.63) is 22.4 Å². The van der Waals surface area contributed by atoms with Gasteiger partial charge in [0.05, 0.1) is 0 Å². The van der Waals surface area contributed by atoms with Gasteiger partial charge in [-0.05, 0) is 29.2 Å². The Hall–Kier alpha value is -0.340. The average Bonchev–Trinajstić information content (AvgIpc) is 2.62. The second-order valence-electron chi connectivity index (χ2n) is 6.01. The molecule has 1 nitrogen and oxygen atoms in total. The summed E-state index contributed by atoms with van der Waals surface area (Å²) in [4.78, 5) is 1.43. The summed E-state index contributed by atoms with van der Waals surface area (Å²) in [6.07, 6.45) is 1.24. The van der Waals surface area contributed by atoms with Gasteiger partial charge in [0.2, 0.25) is 0 Å². The highest BCUT2D eigenvalue weighted by Crippen LogP contribution is 2.25. The predicted molar refractivity (Wildman–Crippen MR) is 73.9 cm³/mol. The van der Waals surface area contributed by atoms with Gasteiger partial charge in [0.1, 0.15) is 0 Å². The van der Waals surface area contributed by atoms with Gasteiger partial charge in [-0.15, -0.1) is 11.3 Å². The fourth-order valence-electron chi connectivity index (χ4n) is 1.85. The largest absolute Gasteiger partial charge is 0.309 e. The summed E-state index contributed by atoms with van der Waals surface area (Å²) in [5.74, 6) is 0.750. The molecule has 0 aliphatic carbocycles. The van der Waals surface area contributed by atoms with Crippen LogP contribution in [0, 0.1) is 11.3 Å². The first kappa shape index (κ1) is 13.7. The maximum absolute atomic E-state index is 3.70. The molecule has 0 aliphatic rings. The van der Waals surface area contributed by atoms with Crippen molar-refractivity contribution in [1.82, 2.24) is 5.32 Å². The highest BCUT2D eigenvalue weighted by atomic mass is 32.1. The molecule has 0 amide bonds. The van der Waals surface area contributed by atoms with E-state index in [9.17, 15) is 0 Å². The van der Waals surface area contributed by atoms with Crippen molar-refractivity contribution in [1.29, 1.82) is 0 Å². The first-order valence-corrected chi connectivity index (χ1v) is 7.03. The van der Waals surface area contributed by atoms with Crippen molar-refractivity contribution >= 4 is 11.3 Å². The van der Waals surface area contributed by atoms with E-state index in [1.807, 2.05) is 11.3 Å². The normalized spacial score (nSPS) is 14.4. The number of hydrogen-bond donors (Lipinski definition) is 1. The van der Waals surface area contributed by atoms with Crippen molar-refractivity contribution in [2.24, 2.45) is 11.3 Å². The van der Waals surface area contributed by atoms with Crippen molar-refractivity contribution in [3.8, 4) is 0 Å². The summed E-state index contributed by atoms with van der Waals surface area (Å²) in [6.45, 7) is 12.6. The van der Waals surface area contributed by atoms with Gasteiger partial charge in [0.15, 0.2) is 0 Å². The molecule has 92 valence electrons. The van der Waals surface area contributed by atoms with Gasteiger partial charge in [-0.1, -0.05) is 40.7 Å². The Bertz CT molecular complexity index is 282. The fourth-order valence-corrected chi connectivity index (χ4v) is 2.51. The molecule has 1 atom stereocenters. The Kier molecular flexibility index (Phi) is 5.00. The molecule has 1 N–H and O–H groups in total. The van der Waals surface area contributed by atoms with Gasteiger partial charge < -0.3 is 5.32 Å². The molecule has 0 radical (unpaired) electrons. The van der Waals surface area contributed by atoms with E-state index in [-0.39, 0.29) is 0 Å². The highest BCUT2D eigenvalue weighted by Gasteiger charge is 2.24. The SMILES string of the molecule is CC(C)CC(NCc1cccs1)C(C)(C)C. The standard InChI is InChI=1S/C14H25NS/c1-11(2)9-13(14(3,4)5)15-10-12-7-6-8-16-12/h6-8,11,13,15H,9-10H2,1-5H3. The zero-order chi connectivity index (χ0) is 12.2. The molecule has 1 rings (SSSR count). The van der Waals surface area contributed by atoms with E-state index in [0.29, 0.717) is 11.5 Å². The maximum Gasteiger partial charge on any atom is 0.0302 e. The van der Waals surface area contributed by atoms with Gasteiger partial charge in [0, 0.05) is 17.5 Å². The Labute approximate surface area is 104 Å². The first-order valence-electron chi connectivity index (χ1n) is 6.15. The monoisotopic (exact) mass is 239 g/mol. The second kappa shape index (κ2) is 5.83. The van der Waals surface area contributed by atoms with Crippen LogP contribution >= 0.6 is 11.3 Å².